The smallest absolute Gasteiger partial charge is 0.139 e. The van der Waals surface area contributed by atoms with Gasteiger partial charge in [-0.05, 0) is 36.8 Å². The molecule has 4 heteroatoms. The summed E-state index contributed by atoms with van der Waals surface area (Å²) >= 11 is 0. The van der Waals surface area contributed by atoms with E-state index in [1.807, 2.05) is 19.4 Å². The van der Waals surface area contributed by atoms with E-state index in [0.29, 0.717) is 12.1 Å². The highest BCUT2D eigenvalue weighted by atomic mass is 16.5. The Hall–Kier alpha value is -1.65. The van der Waals surface area contributed by atoms with E-state index in [9.17, 15) is 0 Å². The van der Waals surface area contributed by atoms with E-state index in [1.165, 1.54) is 11.1 Å². The molecule has 2 heterocycles. The molecule has 116 valence electrons. The Balaban J connectivity index is 1.48. The minimum Gasteiger partial charge on any atom is -0.369 e. The Morgan fingerprint density at radius 1 is 1.23 bits per heavy atom. The number of aromatic nitrogens is 2. The zero-order chi connectivity index (χ0) is 14.9. The summed E-state index contributed by atoms with van der Waals surface area (Å²) in [5.41, 5.74) is 2.98. The predicted molar refractivity (Wildman–Crippen MR) is 85.7 cm³/mol. The van der Waals surface area contributed by atoms with Crippen molar-refractivity contribution in [3.63, 3.8) is 0 Å². The van der Waals surface area contributed by atoms with Gasteiger partial charge in [0.25, 0.3) is 0 Å². The van der Waals surface area contributed by atoms with Crippen LogP contribution in [0, 0.1) is 0 Å². The third kappa shape index (κ3) is 2.57. The van der Waals surface area contributed by atoms with Gasteiger partial charge in [-0.2, -0.15) is 0 Å². The average Bonchev–Trinajstić information content (AvgIpc) is 3.13. The number of benzene rings is 1. The van der Waals surface area contributed by atoms with Crippen LogP contribution in [0.1, 0.15) is 35.9 Å². The number of hydrogen-bond donors (Lipinski definition) is 1. The van der Waals surface area contributed by atoms with Gasteiger partial charge in [0.2, 0.25) is 0 Å². The first kappa shape index (κ1) is 14.0. The Morgan fingerprint density at radius 2 is 2.00 bits per heavy atom. The first-order chi connectivity index (χ1) is 10.8. The molecule has 0 saturated carbocycles. The van der Waals surface area contributed by atoms with E-state index in [-0.39, 0.29) is 6.10 Å². The third-order valence-electron chi connectivity index (χ3n) is 4.94. The molecule has 1 N–H and O–H groups in total. The van der Waals surface area contributed by atoms with E-state index < -0.39 is 0 Å². The number of nitrogens with one attached hydrogen (secondary N) is 1. The molecule has 4 nitrogen and oxygen atoms in total. The molecule has 0 unspecified atom stereocenters. The van der Waals surface area contributed by atoms with Crippen LogP contribution in [0.25, 0.3) is 0 Å². The fraction of sp³-hybridized carbons (Fsp3) is 0.500. The van der Waals surface area contributed by atoms with Gasteiger partial charge in [0, 0.05) is 38.1 Å². The molecule has 22 heavy (non-hydrogen) atoms. The second-order valence-electron chi connectivity index (χ2n) is 6.48. The average molecular weight is 297 g/mol. The monoisotopic (exact) mass is 297 g/mol. The van der Waals surface area contributed by atoms with Gasteiger partial charge in [0.15, 0.2) is 0 Å². The molecule has 1 saturated heterocycles. The fourth-order valence-corrected chi connectivity index (χ4v) is 3.84. The minimum absolute atomic E-state index is 0.0671. The maximum absolute atomic E-state index is 6.06. The van der Waals surface area contributed by atoms with E-state index in [4.69, 9.17) is 4.74 Å². The maximum Gasteiger partial charge on any atom is 0.139 e. The van der Waals surface area contributed by atoms with Gasteiger partial charge >= 0.3 is 0 Å². The number of nitrogens with zero attached hydrogens (tertiary/aromatic N) is 2. The Kier molecular flexibility index (Phi) is 3.72. The van der Waals surface area contributed by atoms with Crippen LogP contribution in [-0.4, -0.2) is 28.2 Å². The molecule has 2 aliphatic rings. The van der Waals surface area contributed by atoms with Crippen molar-refractivity contribution >= 4 is 0 Å². The number of hydrogen-bond acceptors (Lipinski definition) is 3. The Labute approximate surface area is 131 Å². The van der Waals surface area contributed by atoms with E-state index in [2.05, 4.69) is 39.1 Å². The summed E-state index contributed by atoms with van der Waals surface area (Å²) in [6, 6.07) is 9.67. The number of imidazole rings is 1. The molecule has 0 spiro atoms. The second kappa shape index (κ2) is 5.86. The highest BCUT2D eigenvalue weighted by molar-refractivity contribution is 5.33. The van der Waals surface area contributed by atoms with Crippen molar-refractivity contribution in [3.05, 3.63) is 53.6 Å². The maximum atomic E-state index is 6.06. The van der Waals surface area contributed by atoms with Crippen LogP contribution in [-0.2, 0) is 24.6 Å². The SMILES string of the molecule is Cn1ccnc1[C@H]1OCCC[C@@H]1NC1Cc2ccccc2C1. The highest BCUT2D eigenvalue weighted by Gasteiger charge is 2.33. The molecule has 1 aromatic heterocycles. The molecule has 1 aromatic carbocycles. The number of rotatable bonds is 3. The number of fused-ring (bicyclic) bond motifs is 1. The van der Waals surface area contributed by atoms with Crippen LogP contribution in [0.3, 0.4) is 0 Å². The van der Waals surface area contributed by atoms with Crippen LogP contribution in [0.2, 0.25) is 0 Å². The van der Waals surface area contributed by atoms with Crippen LogP contribution < -0.4 is 5.32 Å². The molecular formula is C18H23N3O. The van der Waals surface area contributed by atoms with Gasteiger partial charge in [0.05, 0.1) is 0 Å². The largest absolute Gasteiger partial charge is 0.369 e. The summed E-state index contributed by atoms with van der Waals surface area (Å²) in [5.74, 6) is 1.03. The minimum atomic E-state index is 0.0671. The summed E-state index contributed by atoms with van der Waals surface area (Å²) < 4.78 is 8.13. The zero-order valence-corrected chi connectivity index (χ0v) is 13.0. The van der Waals surface area contributed by atoms with E-state index in [0.717, 1.165) is 38.1 Å². The number of aryl methyl sites for hydroxylation is 1. The molecule has 1 fully saturated rings. The van der Waals surface area contributed by atoms with Crippen molar-refractivity contribution in [2.75, 3.05) is 6.61 Å². The first-order valence-electron chi connectivity index (χ1n) is 8.23. The van der Waals surface area contributed by atoms with Crippen molar-refractivity contribution < 1.29 is 4.74 Å². The highest BCUT2D eigenvalue weighted by Crippen LogP contribution is 2.29. The fourth-order valence-electron chi connectivity index (χ4n) is 3.84. The third-order valence-corrected chi connectivity index (χ3v) is 4.94. The topological polar surface area (TPSA) is 39.1 Å². The second-order valence-corrected chi connectivity index (χ2v) is 6.48. The first-order valence-corrected chi connectivity index (χ1v) is 8.23. The number of ether oxygens (including phenoxy) is 1. The van der Waals surface area contributed by atoms with Gasteiger partial charge < -0.3 is 14.6 Å². The van der Waals surface area contributed by atoms with Crippen molar-refractivity contribution in [1.82, 2.24) is 14.9 Å². The zero-order valence-electron chi connectivity index (χ0n) is 13.0. The summed E-state index contributed by atoms with van der Waals surface area (Å²) in [7, 11) is 2.04. The lowest BCUT2D eigenvalue weighted by atomic mass is 10.00. The molecule has 1 aliphatic carbocycles. The van der Waals surface area contributed by atoms with Crippen LogP contribution in [0.5, 0.6) is 0 Å². The van der Waals surface area contributed by atoms with Crippen molar-refractivity contribution in [2.24, 2.45) is 7.05 Å². The molecule has 0 amide bonds. The van der Waals surface area contributed by atoms with Crippen LogP contribution in [0.15, 0.2) is 36.7 Å². The van der Waals surface area contributed by atoms with Crippen LogP contribution in [0.4, 0.5) is 0 Å². The molecular weight excluding hydrogens is 274 g/mol. The standard InChI is InChI=1S/C18H23N3O/c1-21-9-8-19-18(21)17-16(7-4-10-22-17)20-15-11-13-5-2-3-6-14(13)12-15/h2-3,5-6,8-9,15-17,20H,4,7,10-12H2,1H3/t16-,17-/m0/s1. The quantitative estimate of drug-likeness (QED) is 0.945. The lowest BCUT2D eigenvalue weighted by molar-refractivity contribution is -0.0201. The molecule has 1 aliphatic heterocycles. The molecule has 2 atom stereocenters. The van der Waals surface area contributed by atoms with Gasteiger partial charge in [-0.3, -0.25) is 0 Å². The molecule has 4 rings (SSSR count). The normalized spacial score (nSPS) is 25.3. The summed E-state index contributed by atoms with van der Waals surface area (Å²) in [6.45, 7) is 0.834. The van der Waals surface area contributed by atoms with Crippen molar-refractivity contribution in [1.29, 1.82) is 0 Å². The molecule has 0 bridgehead atoms. The van der Waals surface area contributed by atoms with Crippen LogP contribution >= 0.6 is 0 Å². The lowest BCUT2D eigenvalue weighted by Gasteiger charge is -2.34. The van der Waals surface area contributed by atoms with Gasteiger partial charge in [-0.1, -0.05) is 24.3 Å². The summed E-state index contributed by atoms with van der Waals surface area (Å²) in [4.78, 5) is 4.50. The van der Waals surface area contributed by atoms with Crippen molar-refractivity contribution in [2.45, 2.75) is 43.9 Å². The summed E-state index contributed by atoms with van der Waals surface area (Å²) in [5, 5.41) is 3.85. The van der Waals surface area contributed by atoms with Gasteiger partial charge in [0.1, 0.15) is 11.9 Å². The summed E-state index contributed by atoms with van der Waals surface area (Å²) in [6.07, 6.45) is 8.45. The molecule has 0 radical (unpaired) electrons. The van der Waals surface area contributed by atoms with Gasteiger partial charge in [-0.25, -0.2) is 4.98 Å². The van der Waals surface area contributed by atoms with E-state index >= 15 is 0 Å². The Bertz CT molecular complexity index is 626. The molecule has 2 aromatic rings. The predicted octanol–water partition coefficient (Wildman–Crippen LogP) is 2.40. The van der Waals surface area contributed by atoms with Gasteiger partial charge in [-0.15, -0.1) is 0 Å². The van der Waals surface area contributed by atoms with E-state index in [1.54, 1.807) is 0 Å². The lowest BCUT2D eigenvalue weighted by Crippen LogP contribution is -2.46. The van der Waals surface area contributed by atoms with Crippen molar-refractivity contribution in [3.8, 4) is 0 Å². The Morgan fingerprint density at radius 3 is 2.68 bits per heavy atom.